The van der Waals surface area contributed by atoms with Gasteiger partial charge in [-0.1, -0.05) is 6.07 Å². The van der Waals surface area contributed by atoms with Crippen LogP contribution in [0.2, 0.25) is 0 Å². The topological polar surface area (TPSA) is 24.9 Å². The fourth-order valence-electron chi connectivity index (χ4n) is 1.50. The summed E-state index contributed by atoms with van der Waals surface area (Å²) in [5, 5.41) is 2.59. The minimum Gasteiger partial charge on any atom is -0.376 e. The third kappa shape index (κ3) is 2.80. The Kier molecular flexibility index (Phi) is 3.50. The van der Waals surface area contributed by atoms with E-state index >= 15 is 0 Å². The molecule has 1 heterocycles. The molecule has 0 fully saturated rings. The van der Waals surface area contributed by atoms with Crippen LogP contribution in [-0.4, -0.2) is 4.98 Å². The van der Waals surface area contributed by atoms with E-state index in [1.807, 2.05) is 6.92 Å². The standard InChI is InChI=1S/C13H11F3N2/c1-8-2-3-9(6-17-8)7-18-13-11(15)4-10(14)5-12(13)16/h2-6,18H,7H2,1H3. The highest BCUT2D eigenvalue weighted by molar-refractivity contribution is 5.46. The molecule has 0 atom stereocenters. The van der Waals surface area contributed by atoms with Gasteiger partial charge in [0.25, 0.3) is 0 Å². The summed E-state index contributed by atoms with van der Waals surface area (Å²) in [6.07, 6.45) is 1.61. The number of nitrogens with zero attached hydrogens (tertiary/aromatic N) is 1. The van der Waals surface area contributed by atoms with Crippen LogP contribution in [0.3, 0.4) is 0 Å². The molecule has 1 aromatic heterocycles. The van der Waals surface area contributed by atoms with Crippen molar-refractivity contribution < 1.29 is 13.2 Å². The molecule has 94 valence electrons. The Morgan fingerprint density at radius 1 is 1.11 bits per heavy atom. The van der Waals surface area contributed by atoms with Gasteiger partial charge in [-0.25, -0.2) is 13.2 Å². The number of nitrogens with one attached hydrogen (secondary N) is 1. The summed E-state index contributed by atoms with van der Waals surface area (Å²) in [5.41, 5.74) is 1.30. The minimum atomic E-state index is -0.951. The van der Waals surface area contributed by atoms with Crippen molar-refractivity contribution in [3.05, 3.63) is 59.2 Å². The summed E-state index contributed by atoms with van der Waals surface area (Å²) < 4.78 is 39.3. The molecule has 18 heavy (non-hydrogen) atoms. The van der Waals surface area contributed by atoms with Gasteiger partial charge in [-0.3, -0.25) is 4.98 Å². The average molecular weight is 252 g/mol. The second-order valence-corrected chi connectivity index (χ2v) is 3.91. The number of pyridine rings is 1. The zero-order valence-corrected chi connectivity index (χ0v) is 9.67. The summed E-state index contributed by atoms with van der Waals surface area (Å²) in [6, 6.07) is 4.88. The van der Waals surface area contributed by atoms with Gasteiger partial charge in [0.15, 0.2) is 11.6 Å². The number of anilines is 1. The van der Waals surface area contributed by atoms with Crippen LogP contribution >= 0.6 is 0 Å². The molecule has 1 aromatic carbocycles. The molecule has 0 unspecified atom stereocenters. The summed E-state index contributed by atoms with van der Waals surface area (Å²) in [6.45, 7) is 2.06. The lowest BCUT2D eigenvalue weighted by molar-refractivity contribution is 0.547. The van der Waals surface area contributed by atoms with Crippen molar-refractivity contribution >= 4 is 5.69 Å². The highest BCUT2D eigenvalue weighted by Crippen LogP contribution is 2.20. The predicted octanol–water partition coefficient (Wildman–Crippen LogP) is 3.42. The molecule has 0 aliphatic rings. The maximum Gasteiger partial charge on any atom is 0.152 e. The van der Waals surface area contributed by atoms with Crippen molar-refractivity contribution in [1.29, 1.82) is 0 Å². The number of hydrogen-bond donors (Lipinski definition) is 1. The van der Waals surface area contributed by atoms with Gasteiger partial charge >= 0.3 is 0 Å². The molecule has 0 saturated carbocycles. The molecule has 0 amide bonds. The molecular formula is C13H11F3N2. The Morgan fingerprint density at radius 2 is 1.78 bits per heavy atom. The van der Waals surface area contributed by atoms with E-state index in [9.17, 15) is 13.2 Å². The Hall–Kier alpha value is -2.04. The Balaban J connectivity index is 2.13. The lowest BCUT2D eigenvalue weighted by Crippen LogP contribution is -2.05. The van der Waals surface area contributed by atoms with E-state index in [-0.39, 0.29) is 12.2 Å². The van der Waals surface area contributed by atoms with Crippen LogP contribution in [0.15, 0.2) is 30.5 Å². The van der Waals surface area contributed by atoms with Crippen molar-refractivity contribution in [1.82, 2.24) is 4.98 Å². The number of aromatic nitrogens is 1. The first kappa shape index (κ1) is 12.4. The number of benzene rings is 1. The van der Waals surface area contributed by atoms with E-state index in [0.717, 1.165) is 11.3 Å². The smallest absolute Gasteiger partial charge is 0.152 e. The molecule has 5 heteroatoms. The Labute approximate surface area is 102 Å². The normalized spacial score (nSPS) is 10.4. The molecule has 0 aliphatic carbocycles. The molecule has 0 aliphatic heterocycles. The second-order valence-electron chi connectivity index (χ2n) is 3.91. The van der Waals surface area contributed by atoms with Crippen LogP contribution in [0.25, 0.3) is 0 Å². The largest absolute Gasteiger partial charge is 0.376 e. The lowest BCUT2D eigenvalue weighted by Gasteiger charge is -2.09. The van der Waals surface area contributed by atoms with E-state index in [0.29, 0.717) is 12.1 Å². The van der Waals surface area contributed by atoms with Gasteiger partial charge in [-0.15, -0.1) is 0 Å². The van der Waals surface area contributed by atoms with Gasteiger partial charge < -0.3 is 5.32 Å². The summed E-state index contributed by atoms with van der Waals surface area (Å²) in [4.78, 5) is 4.06. The number of rotatable bonds is 3. The summed E-state index contributed by atoms with van der Waals surface area (Å²) in [7, 11) is 0. The van der Waals surface area contributed by atoms with Gasteiger partial charge in [-0.05, 0) is 18.6 Å². The SMILES string of the molecule is Cc1ccc(CNc2c(F)cc(F)cc2F)cn1. The van der Waals surface area contributed by atoms with E-state index in [2.05, 4.69) is 10.3 Å². The molecule has 0 saturated heterocycles. The third-order valence-corrected chi connectivity index (χ3v) is 2.45. The molecule has 1 N–H and O–H groups in total. The zero-order valence-electron chi connectivity index (χ0n) is 9.67. The molecule has 0 spiro atoms. The first-order valence-corrected chi connectivity index (χ1v) is 5.36. The minimum absolute atomic E-state index is 0.215. The average Bonchev–Trinajstić information content (AvgIpc) is 2.30. The monoisotopic (exact) mass is 252 g/mol. The van der Waals surface area contributed by atoms with Gasteiger partial charge in [0.05, 0.1) is 0 Å². The highest BCUT2D eigenvalue weighted by atomic mass is 19.1. The van der Waals surface area contributed by atoms with Crippen LogP contribution in [0.4, 0.5) is 18.9 Å². The van der Waals surface area contributed by atoms with Crippen molar-refractivity contribution in [3.8, 4) is 0 Å². The second kappa shape index (κ2) is 5.08. The van der Waals surface area contributed by atoms with Crippen LogP contribution in [-0.2, 0) is 6.54 Å². The lowest BCUT2D eigenvalue weighted by atomic mass is 10.2. The highest BCUT2D eigenvalue weighted by Gasteiger charge is 2.10. The number of halogens is 3. The van der Waals surface area contributed by atoms with Crippen molar-refractivity contribution in [3.63, 3.8) is 0 Å². The van der Waals surface area contributed by atoms with Gasteiger partial charge in [0.2, 0.25) is 0 Å². The predicted molar refractivity (Wildman–Crippen MR) is 62.6 cm³/mol. The molecule has 2 rings (SSSR count). The van der Waals surface area contributed by atoms with E-state index in [1.165, 1.54) is 0 Å². The first-order valence-electron chi connectivity index (χ1n) is 5.36. The fourth-order valence-corrected chi connectivity index (χ4v) is 1.50. The molecule has 0 bridgehead atoms. The number of hydrogen-bond acceptors (Lipinski definition) is 2. The molecule has 0 radical (unpaired) electrons. The van der Waals surface area contributed by atoms with Gasteiger partial charge in [0, 0.05) is 30.6 Å². The zero-order chi connectivity index (χ0) is 13.1. The maximum absolute atomic E-state index is 13.3. The van der Waals surface area contributed by atoms with E-state index in [4.69, 9.17) is 0 Å². The van der Waals surface area contributed by atoms with E-state index < -0.39 is 17.5 Å². The summed E-state index contributed by atoms with van der Waals surface area (Å²) >= 11 is 0. The molecule has 2 nitrogen and oxygen atoms in total. The van der Waals surface area contributed by atoms with Gasteiger partial charge in [0.1, 0.15) is 11.5 Å². The maximum atomic E-state index is 13.3. The van der Waals surface area contributed by atoms with Crippen LogP contribution in [0.1, 0.15) is 11.3 Å². The van der Waals surface area contributed by atoms with Crippen molar-refractivity contribution in [2.45, 2.75) is 13.5 Å². The molecule has 2 aromatic rings. The third-order valence-electron chi connectivity index (χ3n) is 2.45. The fraction of sp³-hybridized carbons (Fsp3) is 0.154. The quantitative estimate of drug-likeness (QED) is 0.905. The van der Waals surface area contributed by atoms with Crippen molar-refractivity contribution in [2.24, 2.45) is 0 Å². The van der Waals surface area contributed by atoms with Crippen LogP contribution in [0, 0.1) is 24.4 Å². The molecular weight excluding hydrogens is 241 g/mol. The Bertz CT molecular complexity index is 530. The van der Waals surface area contributed by atoms with Crippen LogP contribution < -0.4 is 5.32 Å². The summed E-state index contributed by atoms with van der Waals surface area (Å²) in [5.74, 6) is -2.84. The van der Waals surface area contributed by atoms with Crippen LogP contribution in [0.5, 0.6) is 0 Å². The first-order chi connectivity index (χ1) is 8.56. The van der Waals surface area contributed by atoms with Gasteiger partial charge in [-0.2, -0.15) is 0 Å². The van der Waals surface area contributed by atoms with E-state index in [1.54, 1.807) is 18.3 Å². The number of aryl methyl sites for hydroxylation is 1. The van der Waals surface area contributed by atoms with Crippen molar-refractivity contribution in [2.75, 3.05) is 5.32 Å². The Morgan fingerprint density at radius 3 is 2.33 bits per heavy atom.